The van der Waals surface area contributed by atoms with Crippen LogP contribution in [0.5, 0.6) is 0 Å². The van der Waals surface area contributed by atoms with Crippen molar-refractivity contribution in [2.45, 2.75) is 0 Å². The van der Waals surface area contributed by atoms with E-state index < -0.39 is 0 Å². The molecule has 5 heavy (non-hydrogen) atoms. The monoisotopic (exact) mass is 83.1 g/mol. The predicted octanol–water partition coefficient (Wildman–Crippen LogP) is -4.21. The molecule has 0 spiro atoms. The maximum absolute atomic E-state index is 0. The second-order valence-corrected chi connectivity index (χ2v) is 0. The van der Waals surface area contributed by atoms with Gasteiger partial charge in [-0.15, -0.1) is 0 Å². The normalized spacial score (nSPS) is 0. The summed E-state index contributed by atoms with van der Waals surface area (Å²) in [7, 11) is 0. The van der Waals surface area contributed by atoms with Crippen molar-refractivity contribution in [1.29, 1.82) is 0 Å². The molecule has 0 aliphatic heterocycles. The molecule has 5 heteroatoms. The summed E-state index contributed by atoms with van der Waals surface area (Å²) in [6.45, 7) is 0. The zero-order valence-electron chi connectivity index (χ0n) is 2.00. The Kier molecular flexibility index (Phi) is 96100000000. The van der Waals surface area contributed by atoms with Crippen LogP contribution < -0.4 is 0 Å². The van der Waals surface area contributed by atoms with Crippen molar-refractivity contribution in [2.75, 3.05) is 0 Å². The van der Waals surface area contributed by atoms with Gasteiger partial charge in [-0.2, -0.15) is 0 Å². The first-order valence-electron chi connectivity index (χ1n) is 0. The Morgan fingerprint density at radius 3 is 0.400 bits per heavy atom. The molecule has 0 rings (SSSR count). The van der Waals surface area contributed by atoms with Gasteiger partial charge in [-0.3, -0.25) is 0 Å². The zero-order chi connectivity index (χ0) is 0. The van der Waals surface area contributed by atoms with Gasteiger partial charge in [0.05, 0.1) is 0 Å². The molecule has 0 radical (unpaired) electrons. The van der Waals surface area contributed by atoms with E-state index in [9.17, 15) is 0 Å². The first-order chi connectivity index (χ1) is 0. The van der Waals surface area contributed by atoms with Gasteiger partial charge in [0.2, 0.25) is 0 Å². The molecule has 0 aromatic heterocycles. The van der Waals surface area contributed by atoms with Crippen LogP contribution in [0.2, 0.25) is 0 Å². The molecule has 8 N–H and O–H groups in total. The van der Waals surface area contributed by atoms with Crippen molar-refractivity contribution in [1.82, 2.24) is 0 Å². The maximum atomic E-state index is 0. The fourth-order valence-corrected chi connectivity index (χ4v) is 0. The molecular weight excluding hydrogens is 73.0 g/mol. The first kappa shape index (κ1) is 1030000. The SMILES string of the molecule is O.O.O.O.[BeH2]. The van der Waals surface area contributed by atoms with E-state index >= 15 is 0 Å². The van der Waals surface area contributed by atoms with Gasteiger partial charge in [0.1, 0.15) is 0 Å². The Labute approximate surface area is 33.3 Å². The van der Waals surface area contributed by atoms with E-state index in [1.54, 1.807) is 0 Å². The van der Waals surface area contributed by atoms with Gasteiger partial charge >= 0.3 is 10.1 Å². The quantitative estimate of drug-likeness (QED) is 0.263. The Bertz CT molecular complexity index is 3.61. The number of hydrogen-bond donors (Lipinski definition) is 0. The topological polar surface area (TPSA) is 126 Å². The average Bonchev–Trinajstić information content (AvgIpc) is 0. The van der Waals surface area contributed by atoms with Crippen LogP contribution in [-0.2, 0) is 0 Å². The third-order valence-corrected chi connectivity index (χ3v) is 0. The molecule has 0 aromatic carbocycles. The van der Waals surface area contributed by atoms with Crippen LogP contribution in [0.4, 0.5) is 0 Å². The molecule has 0 atom stereocenters. The van der Waals surface area contributed by atoms with Crippen LogP contribution in [0.1, 0.15) is 0 Å². The van der Waals surface area contributed by atoms with Crippen molar-refractivity contribution >= 4 is 10.1 Å². The van der Waals surface area contributed by atoms with Crippen LogP contribution in [0.3, 0.4) is 0 Å². The van der Waals surface area contributed by atoms with Crippen LogP contribution in [0, 0.1) is 0 Å². The summed E-state index contributed by atoms with van der Waals surface area (Å²) in [5.41, 5.74) is 0. The summed E-state index contributed by atoms with van der Waals surface area (Å²) >= 11 is 0. The molecular formula is H10BeO4. The molecule has 0 aromatic rings. The Balaban J connectivity index is 0. The van der Waals surface area contributed by atoms with Gasteiger partial charge in [0, 0.05) is 0 Å². The van der Waals surface area contributed by atoms with Crippen LogP contribution in [0.25, 0.3) is 0 Å². The molecule has 0 aliphatic carbocycles. The summed E-state index contributed by atoms with van der Waals surface area (Å²) in [5.74, 6) is 0. The number of hydrogen-bond acceptors (Lipinski definition) is 0. The molecule has 4 nitrogen and oxygen atoms in total. The summed E-state index contributed by atoms with van der Waals surface area (Å²) < 4.78 is 0. The molecule has 0 bridgehead atoms. The Morgan fingerprint density at radius 1 is 0.400 bits per heavy atom. The molecule has 0 saturated carbocycles. The van der Waals surface area contributed by atoms with E-state index in [0.29, 0.717) is 0 Å². The van der Waals surface area contributed by atoms with Crippen molar-refractivity contribution in [3.63, 3.8) is 0 Å². The second kappa shape index (κ2) is 465000. The third kappa shape index (κ3) is 207000. The van der Waals surface area contributed by atoms with E-state index in [-0.39, 0.29) is 32.0 Å². The van der Waals surface area contributed by atoms with Crippen LogP contribution in [0.15, 0.2) is 0 Å². The first-order valence-corrected chi connectivity index (χ1v) is 0. The fourth-order valence-electron chi connectivity index (χ4n) is 0. The van der Waals surface area contributed by atoms with Crippen molar-refractivity contribution in [3.05, 3.63) is 0 Å². The van der Waals surface area contributed by atoms with Gasteiger partial charge in [0.15, 0.2) is 0 Å². The predicted molar refractivity (Wildman–Crippen MR) is 23.0 cm³/mol. The van der Waals surface area contributed by atoms with Crippen molar-refractivity contribution < 1.29 is 21.9 Å². The summed E-state index contributed by atoms with van der Waals surface area (Å²) in [5, 5.41) is 0. The van der Waals surface area contributed by atoms with Crippen LogP contribution in [-0.4, -0.2) is 32.0 Å². The number of rotatable bonds is 0. The van der Waals surface area contributed by atoms with Crippen molar-refractivity contribution in [3.8, 4) is 0 Å². The van der Waals surface area contributed by atoms with Gasteiger partial charge in [-0.25, -0.2) is 0 Å². The molecule has 0 heterocycles. The summed E-state index contributed by atoms with van der Waals surface area (Å²) in [4.78, 5) is 0. The van der Waals surface area contributed by atoms with Crippen molar-refractivity contribution in [2.24, 2.45) is 0 Å². The second-order valence-electron chi connectivity index (χ2n) is 0. The zero-order valence-corrected chi connectivity index (χ0v) is 2.00. The minimum atomic E-state index is 0. The van der Waals surface area contributed by atoms with Gasteiger partial charge in [-0.1, -0.05) is 0 Å². The molecule has 0 amide bonds. The van der Waals surface area contributed by atoms with Crippen LogP contribution >= 0.6 is 0 Å². The molecule has 36 valence electrons. The van der Waals surface area contributed by atoms with Gasteiger partial charge < -0.3 is 21.9 Å². The van der Waals surface area contributed by atoms with E-state index in [1.165, 1.54) is 0 Å². The summed E-state index contributed by atoms with van der Waals surface area (Å²) in [6, 6.07) is 0. The summed E-state index contributed by atoms with van der Waals surface area (Å²) in [6.07, 6.45) is 0. The van der Waals surface area contributed by atoms with E-state index in [4.69, 9.17) is 0 Å². The fraction of sp³-hybridized carbons (Fsp3) is 0. The Hall–Kier alpha value is 0.00883. The van der Waals surface area contributed by atoms with E-state index in [1.807, 2.05) is 0 Å². The van der Waals surface area contributed by atoms with Gasteiger partial charge in [-0.05, 0) is 0 Å². The minimum absolute atomic E-state index is 0. The van der Waals surface area contributed by atoms with E-state index in [2.05, 4.69) is 0 Å². The standard InChI is InChI=1S/Be.4H2O.2H/h;4*1H2;;. The Morgan fingerprint density at radius 2 is 0.400 bits per heavy atom. The van der Waals surface area contributed by atoms with E-state index in [0.717, 1.165) is 0 Å². The average molecular weight is 83.1 g/mol. The van der Waals surface area contributed by atoms with Gasteiger partial charge in [0.25, 0.3) is 0 Å². The molecule has 0 aliphatic rings. The molecule has 0 fully saturated rings. The molecule has 0 saturated heterocycles. The molecule has 0 unspecified atom stereocenters. The third-order valence-electron chi connectivity index (χ3n) is 0.